The highest BCUT2D eigenvalue weighted by molar-refractivity contribution is 6.26. The number of aliphatic hydroxyl groups excluding tert-OH is 2. The number of phenols is 1. The van der Waals surface area contributed by atoms with Gasteiger partial charge in [0.05, 0.1) is 5.56 Å². The lowest BCUT2D eigenvalue weighted by Gasteiger charge is -2.59. The molecule has 3 aliphatic carbocycles. The molecule has 4 atom stereocenters. The van der Waals surface area contributed by atoms with Gasteiger partial charge in [-0.1, -0.05) is 82.2 Å². The van der Waals surface area contributed by atoms with E-state index in [2.05, 4.69) is 0 Å². The summed E-state index contributed by atoms with van der Waals surface area (Å²) in [7, 11) is 0. The highest BCUT2D eigenvalue weighted by atomic mass is 16.3. The van der Waals surface area contributed by atoms with Gasteiger partial charge in [0.15, 0.2) is 17.2 Å². The first-order valence-electron chi connectivity index (χ1n) is 15.1. The Morgan fingerprint density at radius 3 is 2.10 bits per heavy atom. The topological polar surface area (TPSA) is 132 Å². The minimum atomic E-state index is -2.62. The zero-order valence-electron chi connectivity index (χ0n) is 27.1. The molecule has 42 heavy (non-hydrogen) atoms. The van der Waals surface area contributed by atoms with Crippen LogP contribution in [0.1, 0.15) is 116 Å². The second kappa shape index (κ2) is 9.54. The van der Waals surface area contributed by atoms with Gasteiger partial charge < -0.3 is 20.4 Å². The lowest BCUT2D eigenvalue weighted by Crippen LogP contribution is -2.67. The van der Waals surface area contributed by atoms with Crippen molar-refractivity contribution in [3.8, 4) is 5.75 Å². The highest BCUT2D eigenvalue weighted by Gasteiger charge is 2.71. The molecule has 0 heterocycles. The molecule has 0 saturated heterocycles. The van der Waals surface area contributed by atoms with Gasteiger partial charge in [0.25, 0.3) is 0 Å². The Labute approximate surface area is 249 Å². The van der Waals surface area contributed by atoms with Gasteiger partial charge in [-0.2, -0.15) is 0 Å². The molecule has 1 unspecified atom stereocenters. The molecular formula is C35H48O7. The largest absolute Gasteiger partial charge is 0.511 e. The monoisotopic (exact) mass is 580 g/mol. The Hall–Kier alpha value is -2.93. The van der Waals surface area contributed by atoms with Crippen molar-refractivity contribution in [2.24, 2.45) is 28.1 Å². The number of hydrogen-bond acceptors (Lipinski definition) is 7. The van der Waals surface area contributed by atoms with Crippen LogP contribution >= 0.6 is 0 Å². The number of Topliss-reactive ketones (excluding diaryl/α,β-unsaturated/α-hetero) is 3. The first-order chi connectivity index (χ1) is 19.0. The standard InChI is InChI=1S/C35H48O7/c1-12-18-13-20(32(7,8)9)26(37)22-19(18)14-33(10)16-34(11)24(17(2)3)28(39)23(21(36)15-31(4,5)6)29(40)35(34,42)30(41)25(33)27(22)38/h13,17,24,37,39,41-42H,12,14-16H2,1-11H3/t24?,33-,34-,35+/m1/s1. The third-order valence-corrected chi connectivity index (χ3v) is 9.91. The lowest BCUT2D eigenvalue weighted by atomic mass is 9.44. The number of benzene rings is 1. The van der Waals surface area contributed by atoms with Crippen molar-refractivity contribution in [2.45, 2.75) is 113 Å². The molecule has 0 fully saturated rings. The summed E-state index contributed by atoms with van der Waals surface area (Å²) < 4.78 is 0. The lowest BCUT2D eigenvalue weighted by molar-refractivity contribution is -0.171. The van der Waals surface area contributed by atoms with E-state index in [0.717, 1.165) is 5.56 Å². The van der Waals surface area contributed by atoms with E-state index in [0.29, 0.717) is 24.0 Å². The number of fused-ring (bicyclic) bond motifs is 3. The Kier molecular flexibility index (Phi) is 7.26. The molecule has 0 amide bonds. The van der Waals surface area contributed by atoms with Crippen LogP contribution in [0.5, 0.6) is 5.75 Å². The molecule has 4 rings (SSSR count). The predicted molar refractivity (Wildman–Crippen MR) is 162 cm³/mol. The molecule has 1 aromatic rings. The molecular weight excluding hydrogens is 532 g/mol. The van der Waals surface area contributed by atoms with Gasteiger partial charge in [-0.3, -0.25) is 14.4 Å². The SMILES string of the molecule is CCc1cc(C(C)(C)C)c(O)c2c1C[C@]1(C)C[C@]3(C)C(C(C)C)C(O)=C(C(=O)CC(C)(C)C)C(=O)[C@]3(O)C(O)=C1C2=O. The van der Waals surface area contributed by atoms with Crippen LogP contribution in [-0.4, -0.2) is 43.4 Å². The summed E-state index contributed by atoms with van der Waals surface area (Å²) in [5, 5.41) is 47.5. The van der Waals surface area contributed by atoms with Crippen LogP contribution in [-0.2, 0) is 27.8 Å². The van der Waals surface area contributed by atoms with Crippen LogP contribution in [0, 0.1) is 28.1 Å². The average Bonchev–Trinajstić information content (AvgIpc) is 2.79. The number of carbonyl (C=O) groups excluding carboxylic acids is 3. The maximum Gasteiger partial charge on any atom is 0.209 e. The van der Waals surface area contributed by atoms with Crippen molar-refractivity contribution < 1.29 is 34.8 Å². The summed E-state index contributed by atoms with van der Waals surface area (Å²) in [6.07, 6.45) is 0.947. The maximum atomic E-state index is 14.4. The zero-order chi connectivity index (χ0) is 32.1. The van der Waals surface area contributed by atoms with Gasteiger partial charge in [0.1, 0.15) is 22.8 Å². The minimum Gasteiger partial charge on any atom is -0.511 e. The van der Waals surface area contributed by atoms with Crippen LogP contribution in [0.25, 0.3) is 0 Å². The molecule has 7 heteroatoms. The number of rotatable bonds is 4. The molecule has 0 radical (unpaired) electrons. The van der Waals surface area contributed by atoms with Crippen molar-refractivity contribution in [3.63, 3.8) is 0 Å². The maximum absolute atomic E-state index is 14.4. The molecule has 1 aromatic carbocycles. The highest BCUT2D eigenvalue weighted by Crippen LogP contribution is 2.65. The molecule has 4 N–H and O–H groups in total. The number of aliphatic hydroxyl groups is 3. The number of hydrogen-bond donors (Lipinski definition) is 4. The number of aromatic hydroxyl groups is 1. The Bertz CT molecular complexity index is 1460. The van der Waals surface area contributed by atoms with Crippen LogP contribution in [0.15, 0.2) is 28.7 Å². The van der Waals surface area contributed by atoms with Gasteiger partial charge in [0, 0.05) is 34.3 Å². The van der Waals surface area contributed by atoms with E-state index in [1.807, 2.05) is 75.3 Å². The van der Waals surface area contributed by atoms with Gasteiger partial charge in [-0.05, 0) is 47.1 Å². The summed E-state index contributed by atoms with van der Waals surface area (Å²) in [6, 6.07) is 1.95. The Morgan fingerprint density at radius 2 is 1.62 bits per heavy atom. The molecule has 0 aliphatic heterocycles. The fourth-order valence-corrected chi connectivity index (χ4v) is 8.26. The number of phenolic OH excluding ortho intramolecular Hbond substituents is 1. The van der Waals surface area contributed by atoms with Crippen LogP contribution in [0.2, 0.25) is 0 Å². The fourth-order valence-electron chi connectivity index (χ4n) is 8.26. The second-order valence-corrected chi connectivity index (χ2v) is 16.0. The average molecular weight is 581 g/mol. The van der Waals surface area contributed by atoms with E-state index in [1.54, 1.807) is 6.92 Å². The van der Waals surface area contributed by atoms with Crippen LogP contribution in [0.4, 0.5) is 0 Å². The third-order valence-electron chi connectivity index (χ3n) is 9.91. The number of aryl methyl sites for hydroxylation is 1. The zero-order valence-corrected chi connectivity index (χ0v) is 27.1. The second-order valence-electron chi connectivity index (χ2n) is 16.0. The summed E-state index contributed by atoms with van der Waals surface area (Å²) in [5.74, 6) is -4.78. The third kappa shape index (κ3) is 4.29. The summed E-state index contributed by atoms with van der Waals surface area (Å²) >= 11 is 0. The first-order valence-corrected chi connectivity index (χ1v) is 15.1. The molecule has 3 aliphatic rings. The fraction of sp³-hybridized carbons (Fsp3) is 0.629. The van der Waals surface area contributed by atoms with Crippen molar-refractivity contribution in [2.75, 3.05) is 0 Å². The first kappa shape index (κ1) is 32.0. The van der Waals surface area contributed by atoms with Crippen molar-refractivity contribution in [1.29, 1.82) is 0 Å². The summed E-state index contributed by atoms with van der Waals surface area (Å²) in [5.41, 5.74) is -4.36. The van der Waals surface area contributed by atoms with Gasteiger partial charge in [-0.15, -0.1) is 0 Å². The Balaban J connectivity index is 2.06. The number of carbonyl (C=O) groups is 3. The van der Waals surface area contributed by atoms with E-state index < -0.39 is 61.9 Å². The van der Waals surface area contributed by atoms with Crippen LogP contribution in [0.3, 0.4) is 0 Å². The molecule has 0 saturated carbocycles. The molecule has 0 aromatic heterocycles. The molecule has 0 bridgehead atoms. The summed E-state index contributed by atoms with van der Waals surface area (Å²) in [4.78, 5) is 42.2. The van der Waals surface area contributed by atoms with E-state index in [9.17, 15) is 34.8 Å². The molecule has 230 valence electrons. The van der Waals surface area contributed by atoms with Gasteiger partial charge >= 0.3 is 0 Å². The Morgan fingerprint density at radius 1 is 1.05 bits per heavy atom. The normalized spacial score (nSPS) is 30.0. The minimum absolute atomic E-state index is 0.0552. The molecule has 7 nitrogen and oxygen atoms in total. The number of allylic oxidation sites excluding steroid dienone is 2. The summed E-state index contributed by atoms with van der Waals surface area (Å²) in [6.45, 7) is 20.5. The van der Waals surface area contributed by atoms with E-state index in [1.165, 1.54) is 0 Å². The van der Waals surface area contributed by atoms with Gasteiger partial charge in [0.2, 0.25) is 5.78 Å². The van der Waals surface area contributed by atoms with Crippen LogP contribution < -0.4 is 0 Å². The van der Waals surface area contributed by atoms with Crippen molar-refractivity contribution in [3.05, 3.63) is 51.0 Å². The smallest absolute Gasteiger partial charge is 0.209 e. The van der Waals surface area contributed by atoms with Crippen molar-refractivity contribution in [1.82, 2.24) is 0 Å². The van der Waals surface area contributed by atoms with E-state index in [-0.39, 0.29) is 41.4 Å². The van der Waals surface area contributed by atoms with Gasteiger partial charge in [-0.25, -0.2) is 0 Å². The number of ketones is 3. The quantitative estimate of drug-likeness (QED) is 0.294. The van der Waals surface area contributed by atoms with Crippen molar-refractivity contribution >= 4 is 17.3 Å². The predicted octanol–water partition coefficient (Wildman–Crippen LogP) is 6.62. The van der Waals surface area contributed by atoms with E-state index >= 15 is 0 Å². The van der Waals surface area contributed by atoms with E-state index in [4.69, 9.17) is 0 Å². The molecule has 0 spiro atoms.